The van der Waals surface area contributed by atoms with Crippen LogP contribution in [0.4, 0.5) is 5.00 Å². The molecule has 0 saturated heterocycles. The molecule has 0 fully saturated rings. The van der Waals surface area contributed by atoms with Crippen molar-refractivity contribution in [2.45, 2.75) is 20.0 Å². The number of aromatic nitrogens is 2. The van der Waals surface area contributed by atoms with Gasteiger partial charge in [0.1, 0.15) is 23.1 Å². The molecule has 1 N–H and O–H groups in total. The Balaban J connectivity index is 2.05. The smallest absolute Gasteiger partial charge is 0.140 e. The van der Waals surface area contributed by atoms with Crippen LogP contribution in [0.15, 0.2) is 16.6 Å². The first-order valence-corrected chi connectivity index (χ1v) is 8.26. The minimum absolute atomic E-state index is 0.292. The third-order valence-electron chi connectivity index (χ3n) is 2.43. The van der Waals surface area contributed by atoms with Gasteiger partial charge in [0.05, 0.1) is 10.0 Å². The molecule has 4 nitrogen and oxygen atoms in total. The van der Waals surface area contributed by atoms with Gasteiger partial charge in [-0.05, 0) is 28.4 Å². The third-order valence-corrected chi connectivity index (χ3v) is 4.65. The van der Waals surface area contributed by atoms with Crippen molar-refractivity contribution < 1.29 is 4.74 Å². The molecule has 0 radical (unpaired) electrons. The van der Waals surface area contributed by atoms with Gasteiger partial charge in [0.15, 0.2) is 0 Å². The van der Waals surface area contributed by atoms with E-state index in [2.05, 4.69) is 37.8 Å². The maximum absolute atomic E-state index is 6.10. The quantitative estimate of drug-likeness (QED) is 0.697. The number of nitrogens with one attached hydrogen (secondary N) is 1. The van der Waals surface area contributed by atoms with E-state index in [4.69, 9.17) is 27.9 Å². The molecule has 0 aliphatic carbocycles. The molecule has 0 atom stereocenters. The van der Waals surface area contributed by atoms with Gasteiger partial charge in [-0.3, -0.25) is 0 Å². The average molecular weight is 397 g/mol. The molecule has 0 aliphatic heterocycles. The third kappa shape index (κ3) is 3.97. The van der Waals surface area contributed by atoms with Gasteiger partial charge < -0.3 is 10.1 Å². The van der Waals surface area contributed by atoms with E-state index in [9.17, 15) is 0 Å². The van der Waals surface area contributed by atoms with Crippen molar-refractivity contribution in [1.82, 2.24) is 9.59 Å². The first-order valence-electron chi connectivity index (χ1n) is 5.94. The van der Waals surface area contributed by atoms with E-state index < -0.39 is 0 Å². The molecule has 0 spiro atoms. The SMILES string of the molecule is CCCNc1snnc1COc1cc(Cl)c(Br)cc1Cl. The van der Waals surface area contributed by atoms with Crippen LogP contribution in [0.2, 0.25) is 10.0 Å². The molecule has 0 bridgehead atoms. The lowest BCUT2D eigenvalue weighted by atomic mass is 10.3. The van der Waals surface area contributed by atoms with Crippen LogP contribution < -0.4 is 10.1 Å². The van der Waals surface area contributed by atoms with Gasteiger partial charge in [-0.2, -0.15) is 0 Å². The zero-order valence-corrected chi connectivity index (χ0v) is 14.5. The van der Waals surface area contributed by atoms with Crippen molar-refractivity contribution >= 4 is 55.7 Å². The summed E-state index contributed by atoms with van der Waals surface area (Å²) >= 11 is 16.7. The Hall–Kier alpha value is -0.560. The average Bonchev–Trinajstić information content (AvgIpc) is 2.86. The lowest BCUT2D eigenvalue weighted by Crippen LogP contribution is -2.04. The first-order chi connectivity index (χ1) is 9.61. The van der Waals surface area contributed by atoms with E-state index >= 15 is 0 Å². The highest BCUT2D eigenvalue weighted by atomic mass is 79.9. The highest BCUT2D eigenvalue weighted by molar-refractivity contribution is 9.10. The fourth-order valence-electron chi connectivity index (χ4n) is 1.44. The zero-order chi connectivity index (χ0) is 14.5. The van der Waals surface area contributed by atoms with Gasteiger partial charge in [-0.1, -0.05) is 34.6 Å². The van der Waals surface area contributed by atoms with Crippen molar-refractivity contribution in [3.63, 3.8) is 0 Å². The lowest BCUT2D eigenvalue weighted by molar-refractivity contribution is 0.302. The summed E-state index contributed by atoms with van der Waals surface area (Å²) in [6, 6.07) is 3.38. The molecule has 8 heteroatoms. The molecule has 0 saturated carbocycles. The second kappa shape index (κ2) is 7.45. The number of nitrogens with zero attached hydrogens (tertiary/aromatic N) is 2. The number of hydrogen-bond acceptors (Lipinski definition) is 5. The number of halogens is 3. The second-order valence-electron chi connectivity index (χ2n) is 3.96. The van der Waals surface area contributed by atoms with E-state index in [1.165, 1.54) is 11.5 Å². The molecule has 20 heavy (non-hydrogen) atoms. The van der Waals surface area contributed by atoms with E-state index in [-0.39, 0.29) is 0 Å². The van der Waals surface area contributed by atoms with Crippen LogP contribution in [0, 0.1) is 0 Å². The summed E-state index contributed by atoms with van der Waals surface area (Å²) in [7, 11) is 0. The molecular weight excluding hydrogens is 385 g/mol. The van der Waals surface area contributed by atoms with Crippen LogP contribution >= 0.6 is 50.7 Å². The Morgan fingerprint density at radius 1 is 1.35 bits per heavy atom. The van der Waals surface area contributed by atoms with Crippen LogP contribution in [0.25, 0.3) is 0 Å². The molecule has 0 amide bonds. The van der Waals surface area contributed by atoms with Crippen LogP contribution in [-0.2, 0) is 6.61 Å². The summed E-state index contributed by atoms with van der Waals surface area (Å²) in [6.07, 6.45) is 1.03. The van der Waals surface area contributed by atoms with Crippen LogP contribution in [0.1, 0.15) is 19.0 Å². The number of ether oxygens (including phenoxy) is 1. The number of hydrogen-bond donors (Lipinski definition) is 1. The molecule has 1 heterocycles. The molecule has 0 aliphatic rings. The van der Waals surface area contributed by atoms with Crippen molar-refractivity contribution in [3.8, 4) is 5.75 Å². The fourth-order valence-corrected chi connectivity index (χ4v) is 2.88. The predicted octanol–water partition coefficient (Wildman–Crippen LogP) is 5.01. The largest absolute Gasteiger partial charge is 0.485 e. The molecule has 1 aromatic heterocycles. The van der Waals surface area contributed by atoms with Crippen LogP contribution in [0.5, 0.6) is 5.75 Å². The second-order valence-corrected chi connectivity index (χ2v) is 6.38. The summed E-state index contributed by atoms with van der Waals surface area (Å²) in [5.74, 6) is 0.523. The van der Waals surface area contributed by atoms with Gasteiger partial charge in [0.25, 0.3) is 0 Å². The molecule has 0 unspecified atom stereocenters. The van der Waals surface area contributed by atoms with E-state index in [0.717, 1.165) is 28.1 Å². The highest BCUT2D eigenvalue weighted by Gasteiger charge is 2.11. The molecule has 108 valence electrons. The lowest BCUT2D eigenvalue weighted by Gasteiger charge is -2.09. The standard InChI is InChI=1S/C12H12BrCl2N3OS/c1-2-3-16-12-10(17-18-20-12)6-19-11-5-8(14)7(13)4-9(11)15/h4-5,16H,2-3,6H2,1H3. The van der Waals surface area contributed by atoms with Crippen molar-refractivity contribution in [3.05, 3.63) is 32.3 Å². The van der Waals surface area contributed by atoms with Gasteiger partial charge in [-0.15, -0.1) is 5.10 Å². The fraction of sp³-hybridized carbons (Fsp3) is 0.333. The van der Waals surface area contributed by atoms with Crippen molar-refractivity contribution in [2.75, 3.05) is 11.9 Å². The minimum atomic E-state index is 0.292. The molecule has 1 aromatic carbocycles. The summed E-state index contributed by atoms with van der Waals surface area (Å²) < 4.78 is 10.3. The Morgan fingerprint density at radius 3 is 2.90 bits per heavy atom. The summed E-state index contributed by atoms with van der Waals surface area (Å²) in [5, 5.41) is 9.27. The predicted molar refractivity (Wildman–Crippen MR) is 87.2 cm³/mol. The van der Waals surface area contributed by atoms with E-state index in [1.54, 1.807) is 12.1 Å². The van der Waals surface area contributed by atoms with Gasteiger partial charge in [-0.25, -0.2) is 0 Å². The van der Waals surface area contributed by atoms with E-state index in [0.29, 0.717) is 22.4 Å². The zero-order valence-electron chi connectivity index (χ0n) is 10.6. The molecular formula is C12H12BrCl2N3OS. The maximum atomic E-state index is 6.10. The Labute approximate surface area is 139 Å². The highest BCUT2D eigenvalue weighted by Crippen LogP contribution is 2.34. The Kier molecular flexibility index (Phi) is 5.89. The summed E-state index contributed by atoms with van der Waals surface area (Å²) in [6.45, 7) is 3.27. The van der Waals surface area contributed by atoms with Gasteiger partial charge in [0.2, 0.25) is 0 Å². The molecule has 2 rings (SSSR count). The minimum Gasteiger partial charge on any atom is -0.485 e. The van der Waals surface area contributed by atoms with Crippen molar-refractivity contribution in [1.29, 1.82) is 0 Å². The van der Waals surface area contributed by atoms with Crippen LogP contribution in [-0.4, -0.2) is 16.1 Å². The monoisotopic (exact) mass is 395 g/mol. The Bertz CT molecular complexity index is 594. The number of benzene rings is 1. The summed E-state index contributed by atoms with van der Waals surface area (Å²) in [4.78, 5) is 0. The van der Waals surface area contributed by atoms with Crippen LogP contribution in [0.3, 0.4) is 0 Å². The Morgan fingerprint density at radius 2 is 2.15 bits per heavy atom. The summed E-state index contributed by atoms with van der Waals surface area (Å²) in [5.41, 5.74) is 0.763. The van der Waals surface area contributed by atoms with Crippen molar-refractivity contribution in [2.24, 2.45) is 0 Å². The maximum Gasteiger partial charge on any atom is 0.140 e. The molecule has 2 aromatic rings. The van der Waals surface area contributed by atoms with Gasteiger partial charge in [0, 0.05) is 28.6 Å². The van der Waals surface area contributed by atoms with Gasteiger partial charge >= 0.3 is 0 Å². The number of anilines is 1. The first kappa shape index (κ1) is 15.8. The topological polar surface area (TPSA) is 47.0 Å². The van der Waals surface area contributed by atoms with E-state index in [1.807, 2.05) is 0 Å². The number of rotatable bonds is 6. The normalized spacial score (nSPS) is 10.6.